The van der Waals surface area contributed by atoms with Gasteiger partial charge in [-0.25, -0.2) is 0 Å². The highest BCUT2D eigenvalue weighted by molar-refractivity contribution is 5.92. The number of benzene rings is 1. The molecule has 0 spiro atoms. The van der Waals surface area contributed by atoms with Crippen molar-refractivity contribution in [1.29, 1.82) is 0 Å². The molecule has 0 aromatic heterocycles. The van der Waals surface area contributed by atoms with Gasteiger partial charge < -0.3 is 29.9 Å². The van der Waals surface area contributed by atoms with Crippen molar-refractivity contribution in [3.05, 3.63) is 24.3 Å². The van der Waals surface area contributed by atoms with E-state index in [9.17, 15) is 24.6 Å². The first kappa shape index (κ1) is 14.5. The molecule has 1 aromatic carbocycles. The number of carbonyl (C=O) groups excluding carboxylic acids is 3. The molecule has 102 valence electrons. The van der Waals surface area contributed by atoms with E-state index in [-0.39, 0.29) is 18.6 Å². The van der Waals surface area contributed by atoms with Crippen molar-refractivity contribution in [2.45, 2.75) is 12.8 Å². The average molecular weight is 265 g/mol. The highest BCUT2D eigenvalue weighted by Gasteiger charge is 2.03. The van der Waals surface area contributed by atoms with Crippen LogP contribution in [0.5, 0.6) is 5.75 Å². The second-order valence-corrected chi connectivity index (χ2v) is 3.61. The molecular formula is C12H11NO6-2. The molecule has 0 aliphatic carbocycles. The predicted octanol–water partition coefficient (Wildman–Crippen LogP) is -1.72. The van der Waals surface area contributed by atoms with Crippen molar-refractivity contribution in [1.82, 2.24) is 0 Å². The summed E-state index contributed by atoms with van der Waals surface area (Å²) in [6.45, 7) is -0.595. The summed E-state index contributed by atoms with van der Waals surface area (Å²) in [5.74, 6) is -2.90. The van der Waals surface area contributed by atoms with Gasteiger partial charge in [-0.15, -0.1) is 0 Å². The second-order valence-electron chi connectivity index (χ2n) is 3.61. The number of anilines is 1. The Hall–Kier alpha value is -2.57. The van der Waals surface area contributed by atoms with E-state index in [2.05, 4.69) is 5.32 Å². The molecule has 0 atom stereocenters. The number of aliphatic carboxylic acids is 2. The predicted molar refractivity (Wildman–Crippen MR) is 59.8 cm³/mol. The summed E-state index contributed by atoms with van der Waals surface area (Å²) >= 11 is 0. The van der Waals surface area contributed by atoms with Gasteiger partial charge >= 0.3 is 0 Å². The highest BCUT2D eigenvalue weighted by Crippen LogP contribution is 2.17. The van der Waals surface area contributed by atoms with Gasteiger partial charge in [0.25, 0.3) is 0 Å². The quantitative estimate of drug-likeness (QED) is 0.626. The van der Waals surface area contributed by atoms with Crippen LogP contribution in [0.1, 0.15) is 12.8 Å². The van der Waals surface area contributed by atoms with Gasteiger partial charge in [0.2, 0.25) is 5.91 Å². The summed E-state index contributed by atoms with van der Waals surface area (Å²) in [5, 5.41) is 22.9. The van der Waals surface area contributed by atoms with Gasteiger partial charge in [0.15, 0.2) is 0 Å². The van der Waals surface area contributed by atoms with Crippen molar-refractivity contribution in [2.24, 2.45) is 0 Å². The van der Waals surface area contributed by atoms with Gasteiger partial charge in [0.1, 0.15) is 12.4 Å². The van der Waals surface area contributed by atoms with E-state index < -0.39 is 24.5 Å². The Kier molecular flexibility index (Phi) is 5.34. The maximum atomic E-state index is 11.3. The molecule has 0 fully saturated rings. The number of ether oxygens (including phenoxy) is 1. The zero-order valence-corrected chi connectivity index (χ0v) is 9.88. The molecule has 1 amide bonds. The third-order valence-electron chi connectivity index (χ3n) is 2.03. The third-order valence-corrected chi connectivity index (χ3v) is 2.03. The molecule has 1 N–H and O–H groups in total. The smallest absolute Gasteiger partial charge is 0.224 e. The van der Waals surface area contributed by atoms with Crippen LogP contribution in [0.25, 0.3) is 0 Å². The molecule has 0 saturated carbocycles. The number of nitrogens with one attached hydrogen (secondary N) is 1. The van der Waals surface area contributed by atoms with Gasteiger partial charge in [-0.2, -0.15) is 0 Å². The normalized spacial score (nSPS) is 9.68. The monoisotopic (exact) mass is 265 g/mol. The van der Waals surface area contributed by atoms with Crippen LogP contribution in [-0.4, -0.2) is 24.5 Å². The molecule has 7 nitrogen and oxygen atoms in total. The largest absolute Gasteiger partial charge is 0.550 e. The lowest BCUT2D eigenvalue weighted by atomic mass is 10.2. The number of rotatable bonds is 7. The molecule has 1 rings (SSSR count). The summed E-state index contributed by atoms with van der Waals surface area (Å²) in [6, 6.07) is 6.04. The number of carboxylic acid groups (broad SMARTS) is 2. The second kappa shape index (κ2) is 7.00. The van der Waals surface area contributed by atoms with Crippen molar-refractivity contribution in [3.8, 4) is 5.75 Å². The fourth-order valence-corrected chi connectivity index (χ4v) is 1.24. The Morgan fingerprint density at radius 3 is 2.47 bits per heavy atom. The third kappa shape index (κ3) is 6.06. The molecular weight excluding hydrogens is 254 g/mol. The number of carbonyl (C=O) groups is 3. The van der Waals surface area contributed by atoms with Crippen LogP contribution < -0.4 is 20.3 Å². The first-order chi connectivity index (χ1) is 8.97. The van der Waals surface area contributed by atoms with Crippen molar-refractivity contribution in [3.63, 3.8) is 0 Å². The summed E-state index contributed by atoms with van der Waals surface area (Å²) in [4.78, 5) is 31.8. The van der Waals surface area contributed by atoms with Gasteiger partial charge in [0.05, 0.1) is 5.97 Å². The summed E-state index contributed by atoms with van der Waals surface area (Å²) in [7, 11) is 0. The van der Waals surface area contributed by atoms with Crippen LogP contribution >= 0.6 is 0 Å². The lowest BCUT2D eigenvalue weighted by Crippen LogP contribution is -2.28. The van der Waals surface area contributed by atoms with Gasteiger partial charge in [0, 0.05) is 24.1 Å². The number of hydrogen-bond donors (Lipinski definition) is 1. The van der Waals surface area contributed by atoms with E-state index in [0.717, 1.165) is 0 Å². The lowest BCUT2D eigenvalue weighted by Gasteiger charge is -2.09. The first-order valence-corrected chi connectivity index (χ1v) is 5.40. The maximum absolute atomic E-state index is 11.3. The maximum Gasteiger partial charge on any atom is 0.224 e. The molecule has 0 aliphatic rings. The number of hydrogen-bond acceptors (Lipinski definition) is 6. The minimum Gasteiger partial charge on any atom is -0.550 e. The van der Waals surface area contributed by atoms with E-state index in [1.54, 1.807) is 12.1 Å². The molecule has 0 bridgehead atoms. The Bertz CT molecular complexity index is 485. The zero-order valence-electron chi connectivity index (χ0n) is 9.88. The lowest BCUT2D eigenvalue weighted by molar-refractivity contribution is -0.308. The van der Waals surface area contributed by atoms with E-state index in [0.29, 0.717) is 5.69 Å². The molecule has 0 radical (unpaired) electrons. The van der Waals surface area contributed by atoms with Gasteiger partial charge in [-0.05, 0) is 18.6 Å². The van der Waals surface area contributed by atoms with E-state index >= 15 is 0 Å². The van der Waals surface area contributed by atoms with E-state index in [4.69, 9.17) is 4.74 Å². The highest BCUT2D eigenvalue weighted by atomic mass is 16.5. The Balaban J connectivity index is 2.54. The standard InChI is InChI=1S/C12H13NO6/c14-10(4-5-11(15)16)13-8-2-1-3-9(6-8)19-7-12(17)18/h1-3,6H,4-5,7H2,(H,13,14)(H,15,16)(H,17,18)/p-2. The number of amides is 1. The van der Waals surface area contributed by atoms with E-state index in [1.807, 2.05) is 0 Å². The summed E-state index contributed by atoms with van der Waals surface area (Å²) in [6.07, 6.45) is -0.570. The Morgan fingerprint density at radius 1 is 1.11 bits per heavy atom. The molecule has 0 aliphatic heterocycles. The van der Waals surface area contributed by atoms with Crippen LogP contribution in [-0.2, 0) is 14.4 Å². The average Bonchev–Trinajstić information content (AvgIpc) is 2.34. The fourth-order valence-electron chi connectivity index (χ4n) is 1.24. The topological polar surface area (TPSA) is 119 Å². The molecule has 0 unspecified atom stereocenters. The minimum atomic E-state index is -1.36. The molecule has 19 heavy (non-hydrogen) atoms. The Morgan fingerprint density at radius 2 is 1.84 bits per heavy atom. The van der Waals surface area contributed by atoms with Crippen LogP contribution in [0, 0.1) is 0 Å². The fraction of sp³-hybridized carbons (Fsp3) is 0.250. The molecule has 1 aromatic rings. The molecule has 0 heterocycles. The Labute approximate surface area is 108 Å². The van der Waals surface area contributed by atoms with Crippen molar-refractivity contribution < 1.29 is 29.3 Å². The molecule has 7 heteroatoms. The van der Waals surface area contributed by atoms with Crippen LogP contribution in [0.3, 0.4) is 0 Å². The van der Waals surface area contributed by atoms with Crippen LogP contribution in [0.2, 0.25) is 0 Å². The van der Waals surface area contributed by atoms with Crippen molar-refractivity contribution >= 4 is 23.5 Å². The van der Waals surface area contributed by atoms with Gasteiger partial charge in [-0.1, -0.05) is 6.07 Å². The minimum absolute atomic E-state index is 0.202. The van der Waals surface area contributed by atoms with E-state index in [1.165, 1.54) is 12.1 Å². The SMILES string of the molecule is O=C([O-])CCC(=O)Nc1cccc(OCC(=O)[O-])c1. The van der Waals surface area contributed by atoms with Crippen LogP contribution in [0.4, 0.5) is 5.69 Å². The summed E-state index contributed by atoms with van der Waals surface area (Å²) < 4.78 is 4.87. The van der Waals surface area contributed by atoms with Gasteiger partial charge in [-0.3, -0.25) is 4.79 Å². The summed E-state index contributed by atoms with van der Waals surface area (Å²) in [5.41, 5.74) is 0.374. The number of carboxylic acids is 2. The molecule has 0 saturated heterocycles. The first-order valence-electron chi connectivity index (χ1n) is 5.40. The van der Waals surface area contributed by atoms with Crippen molar-refractivity contribution in [2.75, 3.05) is 11.9 Å². The van der Waals surface area contributed by atoms with Crippen LogP contribution in [0.15, 0.2) is 24.3 Å². The zero-order chi connectivity index (χ0) is 14.3.